The molecule has 0 radical (unpaired) electrons. The summed E-state index contributed by atoms with van der Waals surface area (Å²) in [5.41, 5.74) is 3.93. The third-order valence-corrected chi connectivity index (χ3v) is 6.24. The Balaban J connectivity index is 1.77. The first-order chi connectivity index (χ1) is 16.8. The van der Waals surface area contributed by atoms with Gasteiger partial charge in [0.1, 0.15) is 11.6 Å². The summed E-state index contributed by atoms with van der Waals surface area (Å²) >= 11 is 0. The summed E-state index contributed by atoms with van der Waals surface area (Å²) in [5, 5.41) is 5.71. The number of halogens is 2. The molecular formula is C27H28F2N4O2. The van der Waals surface area contributed by atoms with Gasteiger partial charge in [0.25, 0.3) is 11.8 Å². The molecule has 182 valence electrons. The Morgan fingerprint density at radius 2 is 1.74 bits per heavy atom. The van der Waals surface area contributed by atoms with Crippen molar-refractivity contribution in [1.82, 2.24) is 15.2 Å². The first-order valence-electron chi connectivity index (χ1n) is 11.6. The van der Waals surface area contributed by atoms with Crippen LogP contribution in [0.15, 0.2) is 42.5 Å². The fraction of sp³-hybridized carbons (Fsp3) is 0.259. The molecule has 0 bridgehead atoms. The van der Waals surface area contributed by atoms with Crippen LogP contribution in [0.25, 0.3) is 22.8 Å². The molecule has 3 aromatic rings. The monoisotopic (exact) mass is 478 g/mol. The van der Waals surface area contributed by atoms with E-state index in [0.717, 1.165) is 13.1 Å². The van der Waals surface area contributed by atoms with E-state index in [0.29, 0.717) is 52.4 Å². The van der Waals surface area contributed by atoms with Crippen molar-refractivity contribution in [1.29, 1.82) is 0 Å². The molecule has 35 heavy (non-hydrogen) atoms. The number of hydrogen-bond donors (Lipinski definition) is 3. The number of likely N-dealkylation sites (N-methyl/N-ethyl adjacent to an activating group) is 1. The van der Waals surface area contributed by atoms with Crippen LogP contribution in [0.4, 0.5) is 14.5 Å². The number of carbonyl (C=O) groups excluding carboxylic acids is 2. The van der Waals surface area contributed by atoms with Crippen LogP contribution in [-0.2, 0) is 4.79 Å². The van der Waals surface area contributed by atoms with Gasteiger partial charge in [0.05, 0.1) is 11.1 Å². The van der Waals surface area contributed by atoms with Crippen LogP contribution in [0.2, 0.25) is 0 Å². The van der Waals surface area contributed by atoms with Crippen LogP contribution in [0, 0.1) is 18.6 Å². The number of rotatable bonds is 8. The topological polar surface area (TPSA) is 77.2 Å². The second-order valence-corrected chi connectivity index (χ2v) is 8.41. The summed E-state index contributed by atoms with van der Waals surface area (Å²) in [6.07, 6.45) is 1.61. The van der Waals surface area contributed by atoms with Crippen LogP contribution in [0.1, 0.15) is 41.2 Å². The van der Waals surface area contributed by atoms with Crippen LogP contribution < -0.4 is 10.6 Å². The minimum Gasteiger partial charge on any atom is -0.358 e. The van der Waals surface area contributed by atoms with Gasteiger partial charge in [0, 0.05) is 41.3 Å². The number of aryl methyl sites for hydroxylation is 1. The third-order valence-electron chi connectivity index (χ3n) is 6.24. The fourth-order valence-corrected chi connectivity index (χ4v) is 4.36. The largest absolute Gasteiger partial charge is 0.358 e. The zero-order valence-corrected chi connectivity index (χ0v) is 20.0. The maximum atomic E-state index is 13.9. The van der Waals surface area contributed by atoms with Gasteiger partial charge in [-0.3, -0.25) is 9.59 Å². The van der Waals surface area contributed by atoms with Crippen LogP contribution >= 0.6 is 0 Å². The van der Waals surface area contributed by atoms with Gasteiger partial charge in [-0.05, 0) is 62.0 Å². The minimum absolute atomic E-state index is 0.266. The number of aromatic nitrogens is 1. The highest BCUT2D eigenvalue weighted by atomic mass is 19.1. The molecule has 1 aliphatic rings. The van der Waals surface area contributed by atoms with Gasteiger partial charge in [-0.15, -0.1) is 0 Å². The molecule has 6 nitrogen and oxygen atoms in total. The van der Waals surface area contributed by atoms with Gasteiger partial charge in [-0.2, -0.15) is 0 Å². The number of amides is 2. The number of aromatic amines is 1. The minimum atomic E-state index is -0.458. The van der Waals surface area contributed by atoms with E-state index < -0.39 is 11.6 Å². The molecule has 0 saturated carbocycles. The third kappa shape index (κ3) is 5.02. The Labute approximate surface area is 203 Å². The van der Waals surface area contributed by atoms with Gasteiger partial charge in [0.15, 0.2) is 0 Å². The van der Waals surface area contributed by atoms with Gasteiger partial charge >= 0.3 is 0 Å². The van der Waals surface area contributed by atoms with Crippen molar-refractivity contribution in [2.45, 2.75) is 20.8 Å². The predicted octanol–water partition coefficient (Wildman–Crippen LogP) is 4.83. The van der Waals surface area contributed by atoms with Crippen molar-refractivity contribution in [2.24, 2.45) is 0 Å². The number of carbonyl (C=O) groups is 2. The number of hydrogen-bond acceptors (Lipinski definition) is 3. The summed E-state index contributed by atoms with van der Waals surface area (Å²) in [6, 6.07) is 9.93. The van der Waals surface area contributed by atoms with E-state index in [1.54, 1.807) is 25.1 Å². The molecule has 0 aliphatic carbocycles. The highest BCUT2D eigenvalue weighted by molar-refractivity contribution is 6.35. The Morgan fingerprint density at radius 1 is 1.06 bits per heavy atom. The average molecular weight is 479 g/mol. The first-order valence-corrected chi connectivity index (χ1v) is 11.6. The normalized spacial score (nSPS) is 13.9. The van der Waals surface area contributed by atoms with Crippen molar-refractivity contribution in [2.75, 3.05) is 31.5 Å². The zero-order valence-electron chi connectivity index (χ0n) is 20.0. The number of benzene rings is 2. The zero-order chi connectivity index (χ0) is 25.1. The molecular weight excluding hydrogens is 450 g/mol. The molecule has 2 heterocycles. The predicted molar refractivity (Wildman–Crippen MR) is 134 cm³/mol. The molecule has 2 amide bonds. The second-order valence-electron chi connectivity index (χ2n) is 8.41. The second kappa shape index (κ2) is 10.2. The van der Waals surface area contributed by atoms with Crippen molar-refractivity contribution < 1.29 is 18.4 Å². The average Bonchev–Trinajstić information content (AvgIpc) is 3.33. The summed E-state index contributed by atoms with van der Waals surface area (Å²) in [6.45, 7) is 8.87. The molecule has 0 spiro atoms. The molecule has 8 heteroatoms. The molecule has 0 fully saturated rings. The van der Waals surface area contributed by atoms with Crippen molar-refractivity contribution in [3.8, 4) is 11.1 Å². The van der Waals surface area contributed by atoms with E-state index in [2.05, 4.69) is 34.4 Å². The Bertz CT molecular complexity index is 1290. The van der Waals surface area contributed by atoms with E-state index in [1.807, 2.05) is 0 Å². The van der Waals surface area contributed by atoms with E-state index in [1.165, 1.54) is 30.3 Å². The number of anilines is 1. The van der Waals surface area contributed by atoms with Crippen LogP contribution in [0.5, 0.6) is 0 Å². The van der Waals surface area contributed by atoms with Crippen molar-refractivity contribution in [3.05, 3.63) is 76.6 Å². The Morgan fingerprint density at radius 3 is 2.43 bits per heavy atom. The fourth-order valence-electron chi connectivity index (χ4n) is 4.36. The maximum absolute atomic E-state index is 13.9. The molecule has 0 unspecified atom stereocenters. The van der Waals surface area contributed by atoms with Crippen LogP contribution in [0.3, 0.4) is 0 Å². The van der Waals surface area contributed by atoms with Crippen molar-refractivity contribution in [3.63, 3.8) is 0 Å². The molecule has 1 aromatic heterocycles. The Kier molecular flexibility index (Phi) is 7.12. The van der Waals surface area contributed by atoms with E-state index >= 15 is 0 Å². The number of nitrogens with zero attached hydrogens (tertiary/aromatic N) is 1. The standard InChI is InChI=1S/C27H28F2N4O2/c1-4-33(5-2)13-12-30-27(35)24-16(3)31-23(25(24)17-6-8-18(28)9-7-17)15-21-20-14-19(29)10-11-22(20)32-26(21)34/h6-11,14-15,31H,4-5,12-13H2,1-3H3,(H,30,35)(H,32,34)/b21-15-. The quantitative estimate of drug-likeness (QED) is 0.406. The molecule has 2 aromatic carbocycles. The van der Waals surface area contributed by atoms with E-state index in [-0.39, 0.29) is 17.4 Å². The number of H-pyrrole nitrogens is 1. The van der Waals surface area contributed by atoms with Crippen molar-refractivity contribution >= 4 is 29.2 Å². The Hall–Kier alpha value is -3.78. The van der Waals surface area contributed by atoms with Gasteiger partial charge in [-0.25, -0.2) is 8.78 Å². The molecule has 1 aliphatic heterocycles. The summed E-state index contributed by atoms with van der Waals surface area (Å²) < 4.78 is 27.6. The van der Waals surface area contributed by atoms with Gasteiger partial charge < -0.3 is 20.5 Å². The van der Waals surface area contributed by atoms with Gasteiger partial charge in [0.2, 0.25) is 0 Å². The highest BCUT2D eigenvalue weighted by Crippen LogP contribution is 2.37. The lowest BCUT2D eigenvalue weighted by Crippen LogP contribution is -2.35. The van der Waals surface area contributed by atoms with Gasteiger partial charge in [-0.1, -0.05) is 26.0 Å². The first kappa shape index (κ1) is 24.3. The highest BCUT2D eigenvalue weighted by Gasteiger charge is 2.27. The summed E-state index contributed by atoms with van der Waals surface area (Å²) in [7, 11) is 0. The SMILES string of the molecule is CCN(CC)CCNC(=O)c1c(C)[nH]c(/C=C2\C(=O)Nc3ccc(F)cc32)c1-c1ccc(F)cc1. The number of nitrogens with one attached hydrogen (secondary N) is 3. The lowest BCUT2D eigenvalue weighted by molar-refractivity contribution is -0.110. The molecule has 3 N–H and O–H groups in total. The molecule has 0 atom stereocenters. The lowest BCUT2D eigenvalue weighted by Gasteiger charge is -2.18. The number of fused-ring (bicyclic) bond motifs is 1. The maximum Gasteiger partial charge on any atom is 0.256 e. The molecule has 0 saturated heterocycles. The van der Waals surface area contributed by atoms with E-state index in [9.17, 15) is 18.4 Å². The van der Waals surface area contributed by atoms with E-state index in [4.69, 9.17) is 0 Å². The summed E-state index contributed by atoms with van der Waals surface area (Å²) in [5.74, 6) is -1.49. The lowest BCUT2D eigenvalue weighted by atomic mass is 9.97. The smallest absolute Gasteiger partial charge is 0.256 e. The van der Waals surface area contributed by atoms with Crippen LogP contribution in [-0.4, -0.2) is 47.9 Å². The summed E-state index contributed by atoms with van der Waals surface area (Å²) in [4.78, 5) is 31.4. The molecule has 4 rings (SSSR count).